The van der Waals surface area contributed by atoms with Crippen LogP contribution < -0.4 is 5.14 Å². The van der Waals surface area contributed by atoms with Crippen molar-refractivity contribution < 1.29 is 8.42 Å². The lowest BCUT2D eigenvalue weighted by atomic mass is 10.1. The summed E-state index contributed by atoms with van der Waals surface area (Å²) in [6, 6.07) is 5.03. The summed E-state index contributed by atoms with van der Waals surface area (Å²) < 4.78 is 24.6. The van der Waals surface area contributed by atoms with Gasteiger partial charge in [0.05, 0.1) is 10.0 Å². The van der Waals surface area contributed by atoms with Crippen molar-refractivity contribution in [2.45, 2.75) is 31.5 Å². The van der Waals surface area contributed by atoms with E-state index >= 15 is 0 Å². The number of aromatic nitrogens is 3. The minimum atomic E-state index is -3.92. The van der Waals surface area contributed by atoms with Gasteiger partial charge in [0, 0.05) is 12.5 Å². The van der Waals surface area contributed by atoms with Crippen LogP contribution in [0.2, 0.25) is 10.0 Å². The third-order valence-electron chi connectivity index (χ3n) is 2.85. The third kappa shape index (κ3) is 3.55. The van der Waals surface area contributed by atoms with E-state index < -0.39 is 10.0 Å². The van der Waals surface area contributed by atoms with Crippen LogP contribution in [0.3, 0.4) is 0 Å². The molecule has 0 saturated carbocycles. The highest BCUT2D eigenvalue weighted by molar-refractivity contribution is 7.89. The van der Waals surface area contributed by atoms with E-state index in [-0.39, 0.29) is 11.2 Å². The molecule has 2 rings (SSSR count). The van der Waals surface area contributed by atoms with Crippen LogP contribution in [-0.2, 0) is 16.4 Å². The summed E-state index contributed by atoms with van der Waals surface area (Å²) in [5, 5.41) is 13.4. The van der Waals surface area contributed by atoms with Crippen LogP contribution in [0.25, 0.3) is 0 Å². The van der Waals surface area contributed by atoms with Crippen molar-refractivity contribution in [2.75, 3.05) is 0 Å². The van der Waals surface area contributed by atoms with E-state index in [9.17, 15) is 8.42 Å². The lowest BCUT2D eigenvalue weighted by Crippen LogP contribution is -2.20. The molecule has 6 nitrogen and oxygen atoms in total. The summed E-state index contributed by atoms with van der Waals surface area (Å²) in [5.41, 5.74) is 0.847. The van der Waals surface area contributed by atoms with Crippen LogP contribution >= 0.6 is 23.2 Å². The number of halogens is 2. The molecular weight excluding hydrogens is 335 g/mol. The first-order chi connectivity index (χ1) is 9.70. The molecule has 0 unspecified atom stereocenters. The summed E-state index contributed by atoms with van der Waals surface area (Å²) in [6.07, 6.45) is 0.373. The molecule has 2 N–H and O–H groups in total. The number of benzene rings is 1. The number of hydrogen-bond acceptors (Lipinski definition) is 4. The Morgan fingerprint density at radius 2 is 1.90 bits per heavy atom. The van der Waals surface area contributed by atoms with Gasteiger partial charge in [-0.1, -0.05) is 29.3 Å². The van der Waals surface area contributed by atoms with Crippen molar-refractivity contribution in [3.63, 3.8) is 0 Å². The molecule has 0 spiro atoms. The highest BCUT2D eigenvalue weighted by atomic mass is 35.5. The predicted octanol–water partition coefficient (Wildman–Crippen LogP) is 2.40. The zero-order chi connectivity index (χ0) is 15.8. The Labute approximate surface area is 132 Å². The molecule has 1 aromatic carbocycles. The molecule has 114 valence electrons. The molecule has 0 atom stereocenters. The molecular formula is C12H14Cl2N4O2S. The van der Waals surface area contributed by atoms with Crippen molar-refractivity contribution in [1.82, 2.24) is 14.8 Å². The Morgan fingerprint density at radius 1 is 1.24 bits per heavy atom. The third-order valence-corrected chi connectivity index (χ3v) is 4.38. The predicted molar refractivity (Wildman–Crippen MR) is 81.0 cm³/mol. The van der Waals surface area contributed by atoms with E-state index in [1.165, 1.54) is 4.57 Å². The molecule has 9 heteroatoms. The quantitative estimate of drug-likeness (QED) is 0.918. The Bertz CT molecular complexity index is 772. The van der Waals surface area contributed by atoms with Gasteiger partial charge in [-0.25, -0.2) is 13.6 Å². The lowest BCUT2D eigenvalue weighted by molar-refractivity contribution is 0.507. The van der Waals surface area contributed by atoms with E-state index in [0.717, 1.165) is 5.56 Å². The van der Waals surface area contributed by atoms with Gasteiger partial charge in [-0.2, -0.15) is 0 Å². The average molecular weight is 349 g/mol. The fraction of sp³-hybridized carbons (Fsp3) is 0.333. The average Bonchev–Trinajstić information content (AvgIpc) is 2.77. The number of nitrogens with zero attached hydrogens (tertiary/aromatic N) is 3. The van der Waals surface area contributed by atoms with E-state index in [0.29, 0.717) is 22.3 Å². The normalized spacial score (nSPS) is 12.1. The van der Waals surface area contributed by atoms with Gasteiger partial charge in [0.1, 0.15) is 5.82 Å². The van der Waals surface area contributed by atoms with Crippen LogP contribution in [0.15, 0.2) is 23.4 Å². The van der Waals surface area contributed by atoms with Crippen LogP contribution in [0.1, 0.15) is 31.3 Å². The van der Waals surface area contributed by atoms with Gasteiger partial charge in [0.15, 0.2) is 0 Å². The molecule has 0 radical (unpaired) electrons. The molecule has 1 aromatic heterocycles. The second kappa shape index (κ2) is 5.92. The van der Waals surface area contributed by atoms with Crippen molar-refractivity contribution in [2.24, 2.45) is 5.14 Å². The smallest absolute Gasteiger partial charge is 0.273 e. The first-order valence-electron chi connectivity index (χ1n) is 6.10. The highest BCUT2D eigenvalue weighted by Gasteiger charge is 2.23. The second-order valence-electron chi connectivity index (χ2n) is 4.83. The Hall–Kier alpha value is -1.15. The maximum Gasteiger partial charge on any atom is 0.273 e. The van der Waals surface area contributed by atoms with Crippen LogP contribution in [0.5, 0.6) is 0 Å². The SMILES string of the molecule is CC(C)n1c(Cc2ccc(Cl)c(Cl)c2)nnc1S(N)(=O)=O. The zero-order valence-corrected chi connectivity index (χ0v) is 13.7. The van der Waals surface area contributed by atoms with Gasteiger partial charge in [0.2, 0.25) is 0 Å². The zero-order valence-electron chi connectivity index (χ0n) is 11.4. The summed E-state index contributed by atoms with van der Waals surface area (Å²) >= 11 is 11.8. The molecule has 21 heavy (non-hydrogen) atoms. The van der Waals surface area contributed by atoms with Gasteiger partial charge in [-0.15, -0.1) is 10.2 Å². The maximum absolute atomic E-state index is 11.5. The van der Waals surface area contributed by atoms with Crippen LogP contribution in [0.4, 0.5) is 0 Å². The maximum atomic E-state index is 11.5. The summed E-state index contributed by atoms with van der Waals surface area (Å²) in [4.78, 5) is 0. The van der Waals surface area contributed by atoms with Crippen LogP contribution in [0, 0.1) is 0 Å². The molecule has 0 fully saturated rings. The van der Waals surface area contributed by atoms with Gasteiger partial charge < -0.3 is 0 Å². The number of rotatable bonds is 4. The van der Waals surface area contributed by atoms with Gasteiger partial charge in [-0.3, -0.25) is 4.57 Å². The van der Waals surface area contributed by atoms with Crippen molar-refractivity contribution >= 4 is 33.2 Å². The highest BCUT2D eigenvalue weighted by Crippen LogP contribution is 2.24. The first kappa shape index (κ1) is 16.2. The van der Waals surface area contributed by atoms with Crippen molar-refractivity contribution in [3.05, 3.63) is 39.6 Å². The topological polar surface area (TPSA) is 90.9 Å². The molecule has 0 amide bonds. The standard InChI is InChI=1S/C12H14Cl2N4O2S/c1-7(2)18-11(16-17-12(18)21(15,19)20)6-8-3-4-9(13)10(14)5-8/h3-5,7H,6H2,1-2H3,(H2,15,19,20). The number of nitrogens with two attached hydrogens (primary N) is 1. The van der Waals surface area contributed by atoms with E-state index in [4.69, 9.17) is 28.3 Å². The number of hydrogen-bond donors (Lipinski definition) is 1. The lowest BCUT2D eigenvalue weighted by Gasteiger charge is -2.13. The Morgan fingerprint density at radius 3 is 2.43 bits per heavy atom. The molecule has 0 saturated heterocycles. The van der Waals surface area contributed by atoms with Crippen molar-refractivity contribution in [3.8, 4) is 0 Å². The summed E-state index contributed by atoms with van der Waals surface area (Å²) in [7, 11) is -3.92. The van der Waals surface area contributed by atoms with E-state index in [1.807, 2.05) is 13.8 Å². The molecule has 2 aromatic rings. The van der Waals surface area contributed by atoms with E-state index in [1.54, 1.807) is 18.2 Å². The molecule has 0 aliphatic carbocycles. The molecule has 0 bridgehead atoms. The molecule has 0 aliphatic rings. The first-order valence-corrected chi connectivity index (χ1v) is 8.41. The minimum Gasteiger partial charge on any atom is -0.298 e. The number of sulfonamides is 1. The Kier molecular flexibility index (Phi) is 4.57. The van der Waals surface area contributed by atoms with Gasteiger partial charge >= 0.3 is 0 Å². The van der Waals surface area contributed by atoms with Crippen molar-refractivity contribution in [1.29, 1.82) is 0 Å². The largest absolute Gasteiger partial charge is 0.298 e. The molecule has 1 heterocycles. The number of primary sulfonamides is 1. The fourth-order valence-electron chi connectivity index (χ4n) is 1.97. The molecule has 0 aliphatic heterocycles. The summed E-state index contributed by atoms with van der Waals surface area (Å²) in [6.45, 7) is 3.66. The van der Waals surface area contributed by atoms with Crippen LogP contribution in [-0.4, -0.2) is 23.2 Å². The second-order valence-corrected chi connectivity index (χ2v) is 7.10. The van der Waals surface area contributed by atoms with Gasteiger partial charge in [-0.05, 0) is 31.5 Å². The minimum absolute atomic E-state index is 0.147. The van der Waals surface area contributed by atoms with E-state index in [2.05, 4.69) is 10.2 Å². The fourth-order valence-corrected chi connectivity index (χ4v) is 3.04. The summed E-state index contributed by atoms with van der Waals surface area (Å²) in [5.74, 6) is 0.493. The van der Waals surface area contributed by atoms with Gasteiger partial charge in [0.25, 0.3) is 15.2 Å². The Balaban J connectivity index is 2.45. The monoisotopic (exact) mass is 348 g/mol.